The topological polar surface area (TPSA) is 26.8 Å². The van der Waals surface area contributed by atoms with Crippen molar-refractivity contribution in [1.29, 1.82) is 0 Å². The number of likely N-dealkylation sites (N-methyl/N-ethyl adjacent to an activating group) is 1. The number of alkyl halides is 1. The van der Waals surface area contributed by atoms with Crippen molar-refractivity contribution in [2.24, 2.45) is 0 Å². The average molecular weight is 231 g/mol. The maximum absolute atomic E-state index is 13.8. The second-order valence-electron chi connectivity index (χ2n) is 4.92. The molecule has 5 heteroatoms. The number of amides is 2. The molecule has 1 fully saturated rings. The average Bonchev–Trinajstić information content (AvgIpc) is 2.57. The van der Waals surface area contributed by atoms with E-state index in [0.717, 1.165) is 0 Å². The molecular weight excluding hydrogens is 209 g/mol. The second-order valence-corrected chi connectivity index (χ2v) is 4.92. The molecule has 0 bridgehead atoms. The van der Waals surface area contributed by atoms with Gasteiger partial charge in [0.2, 0.25) is 0 Å². The van der Waals surface area contributed by atoms with E-state index in [0.29, 0.717) is 6.54 Å². The monoisotopic (exact) mass is 231 g/mol. The lowest BCUT2D eigenvalue weighted by Gasteiger charge is -2.29. The quantitative estimate of drug-likeness (QED) is 0.709. The molecule has 0 spiro atoms. The summed E-state index contributed by atoms with van der Waals surface area (Å²) in [5.74, 6) is 0. The van der Waals surface area contributed by atoms with Crippen LogP contribution in [-0.2, 0) is 0 Å². The van der Waals surface area contributed by atoms with Crippen LogP contribution < -0.4 is 0 Å². The van der Waals surface area contributed by atoms with Crippen molar-refractivity contribution in [2.45, 2.75) is 32.1 Å². The predicted molar refractivity (Wildman–Crippen MR) is 62.2 cm³/mol. The Balaban J connectivity index is 2.63. The van der Waals surface area contributed by atoms with E-state index in [1.54, 1.807) is 19.0 Å². The van der Waals surface area contributed by atoms with E-state index in [1.165, 1.54) is 4.90 Å². The zero-order chi connectivity index (χ0) is 12.5. The Labute approximate surface area is 97.0 Å². The third kappa shape index (κ3) is 2.64. The van der Waals surface area contributed by atoms with Gasteiger partial charge in [-0.05, 0) is 20.9 Å². The van der Waals surface area contributed by atoms with Gasteiger partial charge in [0.1, 0.15) is 6.17 Å². The molecule has 94 valence electrons. The van der Waals surface area contributed by atoms with Crippen molar-refractivity contribution in [3.05, 3.63) is 0 Å². The highest BCUT2D eigenvalue weighted by Gasteiger charge is 2.38. The number of hydrogen-bond donors (Lipinski definition) is 0. The SMILES string of the molecule is CC(C)N(C)C1CN(C(=O)N(C)C)CC1F. The summed E-state index contributed by atoms with van der Waals surface area (Å²) in [7, 11) is 5.29. The minimum Gasteiger partial charge on any atom is -0.331 e. The van der Waals surface area contributed by atoms with E-state index in [-0.39, 0.29) is 24.7 Å². The van der Waals surface area contributed by atoms with Gasteiger partial charge in [-0.25, -0.2) is 9.18 Å². The molecule has 1 aliphatic heterocycles. The van der Waals surface area contributed by atoms with E-state index >= 15 is 0 Å². The van der Waals surface area contributed by atoms with E-state index < -0.39 is 6.17 Å². The van der Waals surface area contributed by atoms with Gasteiger partial charge in [0, 0.05) is 26.7 Å². The van der Waals surface area contributed by atoms with Crippen LogP contribution in [0.25, 0.3) is 0 Å². The maximum Gasteiger partial charge on any atom is 0.319 e. The highest BCUT2D eigenvalue weighted by atomic mass is 19.1. The zero-order valence-electron chi connectivity index (χ0n) is 10.8. The zero-order valence-corrected chi connectivity index (χ0v) is 10.8. The van der Waals surface area contributed by atoms with Gasteiger partial charge in [0.25, 0.3) is 0 Å². The summed E-state index contributed by atoms with van der Waals surface area (Å²) in [5.41, 5.74) is 0. The van der Waals surface area contributed by atoms with Crippen LogP contribution in [0.4, 0.5) is 9.18 Å². The van der Waals surface area contributed by atoms with Gasteiger partial charge < -0.3 is 9.80 Å². The highest BCUT2D eigenvalue weighted by Crippen LogP contribution is 2.20. The maximum atomic E-state index is 13.8. The molecule has 1 rings (SSSR count). The summed E-state index contributed by atoms with van der Waals surface area (Å²) in [5, 5.41) is 0. The summed E-state index contributed by atoms with van der Waals surface area (Å²) in [4.78, 5) is 16.8. The van der Waals surface area contributed by atoms with E-state index in [2.05, 4.69) is 0 Å². The van der Waals surface area contributed by atoms with Crippen molar-refractivity contribution >= 4 is 6.03 Å². The van der Waals surface area contributed by atoms with Crippen LogP contribution in [0.5, 0.6) is 0 Å². The van der Waals surface area contributed by atoms with Crippen molar-refractivity contribution in [3.63, 3.8) is 0 Å². The Bertz CT molecular complexity index is 258. The lowest BCUT2D eigenvalue weighted by molar-refractivity contribution is 0.141. The fraction of sp³-hybridized carbons (Fsp3) is 0.909. The minimum atomic E-state index is -0.948. The summed E-state index contributed by atoms with van der Waals surface area (Å²) >= 11 is 0. The minimum absolute atomic E-state index is 0.109. The molecule has 1 saturated heterocycles. The van der Waals surface area contributed by atoms with E-state index in [1.807, 2.05) is 25.8 Å². The van der Waals surface area contributed by atoms with E-state index in [4.69, 9.17) is 0 Å². The fourth-order valence-electron chi connectivity index (χ4n) is 1.95. The molecule has 2 amide bonds. The van der Waals surface area contributed by atoms with Gasteiger partial charge in [-0.1, -0.05) is 0 Å². The van der Waals surface area contributed by atoms with Crippen LogP contribution in [0, 0.1) is 0 Å². The molecule has 2 unspecified atom stereocenters. The second kappa shape index (κ2) is 4.99. The molecule has 0 saturated carbocycles. The molecule has 0 aliphatic carbocycles. The molecule has 0 aromatic heterocycles. The summed E-state index contributed by atoms with van der Waals surface area (Å²) in [6.45, 7) is 4.75. The first-order chi connectivity index (χ1) is 7.34. The number of hydrogen-bond acceptors (Lipinski definition) is 2. The summed E-state index contributed by atoms with van der Waals surface area (Å²) < 4.78 is 13.8. The Morgan fingerprint density at radius 1 is 1.31 bits per heavy atom. The first-order valence-electron chi connectivity index (χ1n) is 5.66. The first-order valence-corrected chi connectivity index (χ1v) is 5.66. The van der Waals surface area contributed by atoms with Crippen molar-refractivity contribution in [2.75, 3.05) is 34.2 Å². The van der Waals surface area contributed by atoms with Crippen LogP contribution in [0.2, 0.25) is 0 Å². The van der Waals surface area contributed by atoms with Crippen LogP contribution in [0.1, 0.15) is 13.8 Å². The number of urea groups is 1. The molecule has 0 aromatic rings. The lowest BCUT2D eigenvalue weighted by Crippen LogP contribution is -2.44. The molecule has 0 radical (unpaired) electrons. The summed E-state index contributed by atoms with van der Waals surface area (Å²) in [6.07, 6.45) is -0.948. The third-order valence-corrected chi connectivity index (χ3v) is 3.21. The van der Waals surface area contributed by atoms with Gasteiger partial charge in [0.05, 0.1) is 12.6 Å². The van der Waals surface area contributed by atoms with Crippen molar-refractivity contribution in [3.8, 4) is 0 Å². The largest absolute Gasteiger partial charge is 0.331 e. The number of rotatable bonds is 2. The first kappa shape index (κ1) is 13.2. The Kier molecular flexibility index (Phi) is 4.13. The molecule has 0 N–H and O–H groups in total. The highest BCUT2D eigenvalue weighted by molar-refractivity contribution is 5.74. The van der Waals surface area contributed by atoms with Gasteiger partial charge in [-0.15, -0.1) is 0 Å². The Morgan fingerprint density at radius 2 is 1.88 bits per heavy atom. The van der Waals surface area contributed by atoms with E-state index in [9.17, 15) is 9.18 Å². The van der Waals surface area contributed by atoms with Crippen molar-refractivity contribution < 1.29 is 9.18 Å². The van der Waals surface area contributed by atoms with Crippen LogP contribution in [-0.4, -0.2) is 73.2 Å². The van der Waals surface area contributed by atoms with Crippen LogP contribution in [0.3, 0.4) is 0 Å². The normalized spacial score (nSPS) is 25.6. The summed E-state index contributed by atoms with van der Waals surface area (Å²) in [6, 6.07) is 0.00358. The lowest BCUT2D eigenvalue weighted by atomic mass is 10.2. The molecule has 1 aliphatic rings. The number of likely N-dealkylation sites (tertiary alicyclic amines) is 1. The fourth-order valence-corrected chi connectivity index (χ4v) is 1.95. The number of carbonyl (C=O) groups excluding carboxylic acids is 1. The van der Waals surface area contributed by atoms with Gasteiger partial charge in [0.15, 0.2) is 0 Å². The third-order valence-electron chi connectivity index (χ3n) is 3.21. The molecule has 2 atom stereocenters. The van der Waals surface area contributed by atoms with Gasteiger partial charge in [-0.2, -0.15) is 0 Å². The standard InChI is InChI=1S/C11H22FN3O/c1-8(2)14(5)10-7-15(6-9(10)12)11(16)13(3)4/h8-10H,6-7H2,1-5H3. The molecule has 0 aromatic carbocycles. The molecule has 4 nitrogen and oxygen atoms in total. The van der Waals surface area contributed by atoms with Crippen molar-refractivity contribution in [1.82, 2.24) is 14.7 Å². The molecular formula is C11H22FN3O. The molecule has 16 heavy (non-hydrogen) atoms. The number of carbonyl (C=O) groups is 1. The van der Waals surface area contributed by atoms with Crippen LogP contribution in [0.15, 0.2) is 0 Å². The Hall–Kier alpha value is -0.840. The number of halogens is 1. The van der Waals surface area contributed by atoms with Gasteiger partial charge >= 0.3 is 6.03 Å². The van der Waals surface area contributed by atoms with Gasteiger partial charge in [-0.3, -0.25) is 4.90 Å². The van der Waals surface area contributed by atoms with Crippen LogP contribution >= 0.6 is 0 Å². The number of nitrogens with zero attached hydrogens (tertiary/aromatic N) is 3. The predicted octanol–water partition coefficient (Wildman–Crippen LogP) is 1.03. The smallest absolute Gasteiger partial charge is 0.319 e. The Morgan fingerprint density at radius 3 is 2.31 bits per heavy atom. The molecule has 1 heterocycles.